The summed E-state index contributed by atoms with van der Waals surface area (Å²) in [6.45, 7) is 7.30. The van der Waals surface area contributed by atoms with Crippen LogP contribution in [0.15, 0.2) is 12.2 Å². The van der Waals surface area contributed by atoms with Crippen LogP contribution in [0.1, 0.15) is 58.8 Å². The first-order valence-electron chi connectivity index (χ1n) is 6.65. The summed E-state index contributed by atoms with van der Waals surface area (Å²) in [5.41, 5.74) is 0.429. The lowest BCUT2D eigenvalue weighted by Crippen LogP contribution is -2.28. The fraction of sp³-hybridized carbons (Fsp3) is 0.786. The topological polar surface area (TPSA) is 35.5 Å². The Morgan fingerprint density at radius 1 is 1.35 bits per heavy atom. The molecule has 0 aliphatic heterocycles. The third-order valence-corrected chi connectivity index (χ3v) is 3.01. The lowest BCUT2D eigenvalue weighted by atomic mass is 9.98. The van der Waals surface area contributed by atoms with Crippen molar-refractivity contribution in [3.8, 4) is 0 Å². The number of ether oxygens (including phenoxy) is 2. The highest BCUT2D eigenvalue weighted by molar-refractivity contribution is 5.86. The first-order chi connectivity index (χ1) is 8.13. The molecule has 0 amide bonds. The molecule has 0 bridgehead atoms. The van der Waals surface area contributed by atoms with Gasteiger partial charge in [0.1, 0.15) is 0 Å². The van der Waals surface area contributed by atoms with Crippen LogP contribution in [0.25, 0.3) is 0 Å². The highest BCUT2D eigenvalue weighted by Crippen LogP contribution is 2.23. The summed E-state index contributed by atoms with van der Waals surface area (Å²) in [4.78, 5) is 11.5. The molecular weight excluding hydrogens is 216 g/mol. The van der Waals surface area contributed by atoms with E-state index in [-0.39, 0.29) is 12.1 Å². The molecule has 0 saturated heterocycles. The van der Waals surface area contributed by atoms with Crippen molar-refractivity contribution < 1.29 is 14.3 Å². The molecule has 0 radical (unpaired) electrons. The molecule has 0 aromatic heterocycles. The van der Waals surface area contributed by atoms with Crippen LogP contribution in [0, 0.1) is 0 Å². The van der Waals surface area contributed by atoms with E-state index >= 15 is 0 Å². The van der Waals surface area contributed by atoms with E-state index in [1.165, 1.54) is 19.3 Å². The molecule has 1 unspecified atom stereocenters. The van der Waals surface area contributed by atoms with Crippen molar-refractivity contribution in [3.05, 3.63) is 12.2 Å². The maximum absolute atomic E-state index is 11.5. The highest BCUT2D eigenvalue weighted by Gasteiger charge is 2.21. The number of hydrogen-bond acceptors (Lipinski definition) is 3. The molecule has 3 nitrogen and oxygen atoms in total. The van der Waals surface area contributed by atoms with Crippen molar-refractivity contribution in [2.24, 2.45) is 0 Å². The van der Waals surface area contributed by atoms with Crippen molar-refractivity contribution in [3.63, 3.8) is 0 Å². The Morgan fingerprint density at radius 3 is 2.53 bits per heavy atom. The predicted molar refractivity (Wildman–Crippen MR) is 67.6 cm³/mol. The number of carbonyl (C=O) groups excluding carboxylic acids is 1. The molecule has 0 aromatic rings. The summed E-state index contributed by atoms with van der Waals surface area (Å²) in [5.74, 6) is -0.348. The van der Waals surface area contributed by atoms with Gasteiger partial charge in [-0.2, -0.15) is 0 Å². The van der Waals surface area contributed by atoms with Crippen LogP contribution in [0.5, 0.6) is 0 Å². The minimum absolute atomic E-state index is 0.262. The van der Waals surface area contributed by atoms with Crippen LogP contribution >= 0.6 is 0 Å². The first-order valence-corrected chi connectivity index (χ1v) is 6.65. The van der Waals surface area contributed by atoms with Gasteiger partial charge in [0.05, 0.1) is 6.10 Å². The van der Waals surface area contributed by atoms with Crippen LogP contribution in [-0.4, -0.2) is 18.4 Å². The van der Waals surface area contributed by atoms with E-state index in [4.69, 9.17) is 9.47 Å². The van der Waals surface area contributed by atoms with Crippen LogP contribution in [-0.2, 0) is 14.3 Å². The zero-order chi connectivity index (χ0) is 12.7. The molecule has 17 heavy (non-hydrogen) atoms. The number of rotatable bonds is 6. The van der Waals surface area contributed by atoms with E-state index < -0.39 is 6.29 Å². The van der Waals surface area contributed by atoms with Crippen LogP contribution in [0.3, 0.4) is 0 Å². The average molecular weight is 240 g/mol. The molecule has 1 saturated carbocycles. The van der Waals surface area contributed by atoms with Crippen molar-refractivity contribution in [1.29, 1.82) is 0 Å². The first kappa shape index (κ1) is 14.2. The van der Waals surface area contributed by atoms with Gasteiger partial charge in [0.15, 0.2) is 0 Å². The molecule has 0 heterocycles. The molecule has 1 rings (SSSR count). The number of esters is 1. The fourth-order valence-electron chi connectivity index (χ4n) is 2.03. The van der Waals surface area contributed by atoms with Gasteiger partial charge >= 0.3 is 5.97 Å². The molecule has 1 aliphatic carbocycles. The third kappa shape index (κ3) is 5.35. The Labute approximate surface area is 104 Å². The Kier molecular flexibility index (Phi) is 6.27. The minimum Gasteiger partial charge on any atom is -0.432 e. The second-order valence-corrected chi connectivity index (χ2v) is 4.80. The van der Waals surface area contributed by atoms with E-state index in [9.17, 15) is 4.79 Å². The van der Waals surface area contributed by atoms with Crippen LogP contribution < -0.4 is 0 Å². The maximum Gasteiger partial charge on any atom is 0.335 e. The lowest BCUT2D eigenvalue weighted by molar-refractivity contribution is -0.190. The van der Waals surface area contributed by atoms with Crippen molar-refractivity contribution >= 4 is 5.97 Å². The quantitative estimate of drug-likeness (QED) is 0.404. The second-order valence-electron chi connectivity index (χ2n) is 4.80. The van der Waals surface area contributed by atoms with Crippen molar-refractivity contribution in [2.45, 2.75) is 71.2 Å². The van der Waals surface area contributed by atoms with Crippen molar-refractivity contribution in [1.82, 2.24) is 0 Å². The Morgan fingerprint density at radius 2 is 2.00 bits per heavy atom. The van der Waals surface area contributed by atoms with E-state index in [0.717, 1.165) is 25.7 Å². The number of carbonyl (C=O) groups is 1. The summed E-state index contributed by atoms with van der Waals surface area (Å²) in [6.07, 6.45) is 7.48. The summed E-state index contributed by atoms with van der Waals surface area (Å²) >= 11 is 0. The summed E-state index contributed by atoms with van der Waals surface area (Å²) in [5, 5.41) is 0. The van der Waals surface area contributed by atoms with Crippen LogP contribution in [0.2, 0.25) is 0 Å². The zero-order valence-corrected chi connectivity index (χ0v) is 11.0. The smallest absolute Gasteiger partial charge is 0.335 e. The maximum atomic E-state index is 11.5. The molecule has 98 valence electrons. The second kappa shape index (κ2) is 7.49. The van der Waals surface area contributed by atoms with Crippen LogP contribution in [0.4, 0.5) is 0 Å². The fourth-order valence-corrected chi connectivity index (χ4v) is 2.03. The van der Waals surface area contributed by atoms with E-state index in [0.29, 0.717) is 5.57 Å². The predicted octanol–water partition coefficient (Wildman–Crippen LogP) is 3.58. The third-order valence-electron chi connectivity index (χ3n) is 3.01. The van der Waals surface area contributed by atoms with E-state index in [2.05, 4.69) is 13.5 Å². The molecule has 3 heteroatoms. The summed E-state index contributed by atoms with van der Waals surface area (Å²) < 4.78 is 11.2. The Bertz CT molecular complexity index is 254. The molecular formula is C14H24O3. The monoisotopic (exact) mass is 240 g/mol. The van der Waals surface area contributed by atoms with Gasteiger partial charge in [-0.1, -0.05) is 39.2 Å². The van der Waals surface area contributed by atoms with E-state index in [1.807, 2.05) is 0 Å². The lowest BCUT2D eigenvalue weighted by Gasteiger charge is -2.27. The average Bonchev–Trinajstić information content (AvgIpc) is 2.30. The minimum atomic E-state index is -0.396. The SMILES string of the molecule is C=C(C)C(=O)OC(CCC)OC1CCCCC1. The van der Waals surface area contributed by atoms with Gasteiger partial charge in [-0.05, 0) is 19.8 Å². The van der Waals surface area contributed by atoms with Gasteiger partial charge in [-0.3, -0.25) is 0 Å². The Balaban J connectivity index is 2.41. The van der Waals surface area contributed by atoms with Gasteiger partial charge in [-0.15, -0.1) is 0 Å². The molecule has 0 spiro atoms. The van der Waals surface area contributed by atoms with Gasteiger partial charge in [0.25, 0.3) is 0 Å². The standard InChI is InChI=1S/C14H24O3/c1-4-8-13(17-14(15)11(2)3)16-12-9-6-5-7-10-12/h12-13H,2,4-10H2,1,3H3. The molecule has 1 atom stereocenters. The van der Waals surface area contributed by atoms with Gasteiger partial charge in [0, 0.05) is 12.0 Å². The summed E-state index contributed by atoms with van der Waals surface area (Å²) in [6, 6.07) is 0. The summed E-state index contributed by atoms with van der Waals surface area (Å²) in [7, 11) is 0. The molecule has 0 aromatic carbocycles. The molecule has 1 fully saturated rings. The normalized spacial score (nSPS) is 18.7. The highest BCUT2D eigenvalue weighted by atomic mass is 16.7. The van der Waals surface area contributed by atoms with Gasteiger partial charge in [0.2, 0.25) is 6.29 Å². The zero-order valence-electron chi connectivity index (χ0n) is 11.0. The number of hydrogen-bond donors (Lipinski definition) is 0. The molecule has 0 N–H and O–H groups in total. The van der Waals surface area contributed by atoms with Crippen molar-refractivity contribution in [2.75, 3.05) is 0 Å². The van der Waals surface area contributed by atoms with Gasteiger partial charge in [-0.25, -0.2) is 4.79 Å². The van der Waals surface area contributed by atoms with E-state index in [1.54, 1.807) is 6.92 Å². The Hall–Kier alpha value is -0.830. The molecule has 1 aliphatic rings. The van der Waals surface area contributed by atoms with Gasteiger partial charge < -0.3 is 9.47 Å². The largest absolute Gasteiger partial charge is 0.432 e.